The number of ether oxygens (including phenoxy) is 2. The molecule has 1 atom stereocenters. The largest absolute Gasteiger partial charge is 0.479 e. The first-order valence-corrected chi connectivity index (χ1v) is 12.8. The van der Waals surface area contributed by atoms with Gasteiger partial charge in [0.25, 0.3) is 5.56 Å². The molecular formula is C27H20ClN3O7S. The molecule has 10 nitrogen and oxygen atoms in total. The summed E-state index contributed by atoms with van der Waals surface area (Å²) in [6, 6.07) is 15.9. The van der Waals surface area contributed by atoms with Gasteiger partial charge in [-0.15, -0.1) is 0 Å². The number of aromatic nitrogens is 1. The van der Waals surface area contributed by atoms with Crippen molar-refractivity contribution in [2.75, 3.05) is 7.11 Å². The standard InChI is InChI=1S/C27H20ClN3O7S/c1-15-23(26(33)36-2)24(16-6-4-3-5-7-16)30-25(32)22(39-27(30)29-15)13-18-9-10-19(38-18)14-37-21-11-8-17(28)12-20(21)31(34)35/h3-13,24H,14H2,1-2H3/b22-13+/t24-/m1/s1. The molecule has 0 saturated heterocycles. The first-order valence-electron chi connectivity index (χ1n) is 11.6. The van der Waals surface area contributed by atoms with Gasteiger partial charge in [0.2, 0.25) is 0 Å². The lowest BCUT2D eigenvalue weighted by Gasteiger charge is -2.24. The Hall–Kier alpha value is -4.48. The van der Waals surface area contributed by atoms with Crippen molar-refractivity contribution in [1.29, 1.82) is 0 Å². The lowest BCUT2D eigenvalue weighted by molar-refractivity contribution is -0.385. The van der Waals surface area contributed by atoms with Crippen LogP contribution >= 0.6 is 22.9 Å². The maximum absolute atomic E-state index is 13.6. The number of allylic oxidation sites excluding steroid dienone is 1. The van der Waals surface area contributed by atoms with Crippen molar-refractivity contribution in [2.24, 2.45) is 4.99 Å². The van der Waals surface area contributed by atoms with Crippen LogP contribution in [-0.2, 0) is 16.1 Å². The molecule has 198 valence electrons. The molecular weight excluding hydrogens is 546 g/mol. The summed E-state index contributed by atoms with van der Waals surface area (Å²) in [5.41, 5.74) is 0.902. The zero-order valence-electron chi connectivity index (χ0n) is 20.6. The second-order valence-corrected chi connectivity index (χ2v) is 9.89. The van der Waals surface area contributed by atoms with Gasteiger partial charge < -0.3 is 13.9 Å². The minimum atomic E-state index is -0.701. The number of halogens is 1. The van der Waals surface area contributed by atoms with Crippen LogP contribution in [0.3, 0.4) is 0 Å². The number of hydrogen-bond acceptors (Lipinski definition) is 9. The van der Waals surface area contributed by atoms with Crippen LogP contribution in [0.25, 0.3) is 6.08 Å². The van der Waals surface area contributed by atoms with Crippen molar-refractivity contribution in [3.8, 4) is 5.75 Å². The molecule has 0 spiro atoms. The molecule has 2 aromatic heterocycles. The number of esters is 1. The predicted molar refractivity (Wildman–Crippen MR) is 143 cm³/mol. The number of thiazole rings is 1. The van der Waals surface area contributed by atoms with E-state index in [0.717, 1.165) is 5.56 Å². The summed E-state index contributed by atoms with van der Waals surface area (Å²) in [5.74, 6) is 0.262. The molecule has 0 fully saturated rings. The van der Waals surface area contributed by atoms with Crippen LogP contribution in [0, 0.1) is 10.1 Å². The van der Waals surface area contributed by atoms with E-state index < -0.39 is 16.9 Å². The molecule has 39 heavy (non-hydrogen) atoms. The summed E-state index contributed by atoms with van der Waals surface area (Å²) in [6.07, 6.45) is 1.58. The van der Waals surface area contributed by atoms with Crippen LogP contribution < -0.4 is 19.6 Å². The summed E-state index contributed by atoms with van der Waals surface area (Å²) < 4.78 is 18.2. The third-order valence-corrected chi connectivity index (χ3v) is 7.20. The average Bonchev–Trinajstić information content (AvgIpc) is 3.50. The van der Waals surface area contributed by atoms with Gasteiger partial charge in [-0.1, -0.05) is 53.3 Å². The quantitative estimate of drug-likeness (QED) is 0.187. The van der Waals surface area contributed by atoms with E-state index in [1.165, 1.54) is 41.2 Å². The van der Waals surface area contributed by atoms with Crippen molar-refractivity contribution in [3.05, 3.63) is 124 Å². The fourth-order valence-corrected chi connectivity index (χ4v) is 5.42. The summed E-state index contributed by atoms with van der Waals surface area (Å²) in [7, 11) is 1.29. The average molecular weight is 566 g/mol. The first-order chi connectivity index (χ1) is 18.8. The highest BCUT2D eigenvalue weighted by Crippen LogP contribution is 2.31. The smallest absolute Gasteiger partial charge is 0.338 e. The van der Waals surface area contributed by atoms with E-state index in [2.05, 4.69) is 4.99 Å². The van der Waals surface area contributed by atoms with Crippen LogP contribution in [0.15, 0.2) is 86.1 Å². The summed E-state index contributed by atoms with van der Waals surface area (Å²) in [5, 5.41) is 11.5. The molecule has 0 unspecified atom stereocenters. The van der Waals surface area contributed by atoms with Crippen molar-refractivity contribution in [3.63, 3.8) is 0 Å². The Morgan fingerprint density at radius 1 is 1.23 bits per heavy atom. The van der Waals surface area contributed by atoms with Crippen molar-refractivity contribution in [1.82, 2.24) is 4.57 Å². The van der Waals surface area contributed by atoms with Crippen molar-refractivity contribution in [2.45, 2.75) is 19.6 Å². The van der Waals surface area contributed by atoms with Crippen LogP contribution in [0.5, 0.6) is 5.75 Å². The van der Waals surface area contributed by atoms with Gasteiger partial charge in [0.15, 0.2) is 10.6 Å². The van der Waals surface area contributed by atoms with Crippen molar-refractivity contribution >= 4 is 40.7 Å². The number of fused-ring (bicyclic) bond motifs is 1. The maximum Gasteiger partial charge on any atom is 0.338 e. The van der Waals surface area contributed by atoms with Gasteiger partial charge in [0.1, 0.15) is 18.1 Å². The van der Waals surface area contributed by atoms with Gasteiger partial charge in [0, 0.05) is 17.2 Å². The monoisotopic (exact) mass is 565 g/mol. The number of hydrogen-bond donors (Lipinski definition) is 0. The van der Waals surface area contributed by atoms with Gasteiger partial charge in [-0.3, -0.25) is 19.5 Å². The molecule has 0 amide bonds. The number of nitro groups is 1. The lowest BCUT2D eigenvalue weighted by atomic mass is 9.96. The van der Waals surface area contributed by atoms with Gasteiger partial charge in [0.05, 0.1) is 33.9 Å². The Kier molecular flexibility index (Phi) is 7.18. The highest BCUT2D eigenvalue weighted by atomic mass is 35.5. The third-order valence-electron chi connectivity index (χ3n) is 5.99. The Morgan fingerprint density at radius 3 is 2.72 bits per heavy atom. The number of carbonyl (C=O) groups is 1. The minimum absolute atomic E-state index is 0.0494. The minimum Gasteiger partial charge on any atom is -0.479 e. The summed E-state index contributed by atoms with van der Waals surface area (Å²) >= 11 is 7.02. The second-order valence-electron chi connectivity index (χ2n) is 8.45. The number of furan rings is 1. The zero-order valence-corrected chi connectivity index (χ0v) is 22.2. The predicted octanol–water partition coefficient (Wildman–Crippen LogP) is 4.14. The number of methoxy groups -OCH3 is 1. The maximum atomic E-state index is 13.6. The van der Waals surface area contributed by atoms with E-state index >= 15 is 0 Å². The molecule has 5 rings (SSSR count). The zero-order chi connectivity index (χ0) is 27.7. The fraction of sp³-hybridized carbons (Fsp3) is 0.148. The van der Waals surface area contributed by atoms with E-state index in [-0.39, 0.29) is 34.2 Å². The fourth-order valence-electron chi connectivity index (χ4n) is 4.23. The topological polar surface area (TPSA) is 126 Å². The van der Waals surface area contributed by atoms with E-state index in [1.54, 1.807) is 25.1 Å². The first kappa shape index (κ1) is 26.1. The molecule has 0 N–H and O–H groups in total. The Bertz CT molecular complexity index is 1800. The van der Waals surface area contributed by atoms with E-state index in [4.69, 9.17) is 25.5 Å². The third kappa shape index (κ3) is 5.14. The summed E-state index contributed by atoms with van der Waals surface area (Å²) in [6.45, 7) is 1.64. The van der Waals surface area contributed by atoms with Gasteiger partial charge in [-0.25, -0.2) is 9.79 Å². The molecule has 3 heterocycles. The second kappa shape index (κ2) is 10.7. The molecule has 0 aliphatic carbocycles. The Labute approximate surface area is 229 Å². The normalized spacial score (nSPS) is 15.1. The number of carbonyl (C=O) groups excluding carboxylic acids is 1. The van der Waals surface area contributed by atoms with Crippen LogP contribution in [0.2, 0.25) is 5.02 Å². The molecule has 12 heteroatoms. The van der Waals surface area contributed by atoms with Gasteiger partial charge in [-0.05, 0) is 36.8 Å². The van der Waals surface area contributed by atoms with Crippen LogP contribution in [-0.4, -0.2) is 22.6 Å². The van der Waals surface area contributed by atoms with E-state index in [9.17, 15) is 19.7 Å². The van der Waals surface area contributed by atoms with Crippen LogP contribution in [0.4, 0.5) is 5.69 Å². The van der Waals surface area contributed by atoms with E-state index in [0.29, 0.717) is 26.6 Å². The summed E-state index contributed by atoms with van der Waals surface area (Å²) in [4.78, 5) is 41.9. The van der Waals surface area contributed by atoms with Crippen molar-refractivity contribution < 1.29 is 23.6 Å². The number of rotatable bonds is 7. The molecule has 4 aromatic rings. The molecule has 1 aliphatic heterocycles. The number of benzene rings is 2. The van der Waals surface area contributed by atoms with Gasteiger partial charge in [-0.2, -0.15) is 0 Å². The number of nitro benzene ring substituents is 1. The van der Waals surface area contributed by atoms with Gasteiger partial charge >= 0.3 is 11.7 Å². The Morgan fingerprint density at radius 2 is 2.00 bits per heavy atom. The Balaban J connectivity index is 1.48. The SMILES string of the molecule is COC(=O)C1=C(C)N=c2s/c(=C/c3ccc(COc4ccc(Cl)cc4[N+](=O)[O-])o3)c(=O)n2[C@@H]1c1ccccc1. The molecule has 1 aliphatic rings. The highest BCUT2D eigenvalue weighted by Gasteiger charge is 2.33. The van der Waals surface area contributed by atoms with E-state index in [1.807, 2.05) is 30.3 Å². The molecule has 0 saturated carbocycles. The highest BCUT2D eigenvalue weighted by molar-refractivity contribution is 7.07. The molecule has 0 radical (unpaired) electrons. The number of nitrogens with zero attached hydrogens (tertiary/aromatic N) is 3. The molecule has 2 aromatic carbocycles. The molecule has 0 bridgehead atoms. The lowest BCUT2D eigenvalue weighted by Crippen LogP contribution is -2.39. The van der Waals surface area contributed by atoms with Crippen LogP contribution in [0.1, 0.15) is 30.0 Å².